The van der Waals surface area contributed by atoms with E-state index in [0.29, 0.717) is 0 Å². The van der Waals surface area contributed by atoms with Crippen molar-refractivity contribution in [1.82, 2.24) is 5.32 Å². The first-order valence-corrected chi connectivity index (χ1v) is 5.29. The molecule has 0 aliphatic rings. The lowest BCUT2D eigenvalue weighted by molar-refractivity contribution is -0.138. The van der Waals surface area contributed by atoms with E-state index in [2.05, 4.69) is 5.32 Å². The van der Waals surface area contributed by atoms with Crippen molar-refractivity contribution in [3.8, 4) is 0 Å². The van der Waals surface area contributed by atoms with Crippen molar-refractivity contribution in [2.75, 3.05) is 0 Å². The lowest BCUT2D eigenvalue weighted by Gasteiger charge is -2.19. The molecule has 1 unspecified atom stereocenters. The molecule has 0 fully saturated rings. The summed E-state index contributed by atoms with van der Waals surface area (Å²) < 4.78 is 0. The number of allylic oxidation sites excluding steroid dienone is 3. The molecule has 0 aromatic rings. The van der Waals surface area contributed by atoms with Gasteiger partial charge in [0.05, 0.1) is 6.42 Å². The lowest BCUT2D eigenvalue weighted by atomic mass is 10.0. The van der Waals surface area contributed by atoms with Crippen molar-refractivity contribution in [2.24, 2.45) is 5.92 Å². The van der Waals surface area contributed by atoms with Gasteiger partial charge in [-0.3, -0.25) is 9.59 Å². The van der Waals surface area contributed by atoms with Crippen LogP contribution in [0.5, 0.6) is 0 Å². The number of amides is 1. The topological polar surface area (TPSA) is 66.4 Å². The molecule has 1 atom stereocenters. The van der Waals surface area contributed by atoms with E-state index in [1.807, 2.05) is 20.8 Å². The first kappa shape index (κ1) is 14.4. The van der Waals surface area contributed by atoms with E-state index in [0.717, 1.165) is 0 Å². The van der Waals surface area contributed by atoms with Gasteiger partial charge in [-0.2, -0.15) is 0 Å². The highest BCUT2D eigenvalue weighted by molar-refractivity contribution is 5.88. The third kappa shape index (κ3) is 6.81. The highest BCUT2D eigenvalue weighted by Crippen LogP contribution is 2.05. The standard InChI is InChI=1S/C12H19NO3/c1-4-5-6-7-11(14)13-10(9(2)3)8-12(15)16/h4-7,9-10H,8H2,1-3H3,(H,13,14)(H,15,16)/b5-4+,7-6?. The number of aliphatic carboxylic acids is 1. The summed E-state index contributed by atoms with van der Waals surface area (Å²) in [4.78, 5) is 22.0. The number of carboxylic acids is 1. The van der Waals surface area contributed by atoms with Crippen LogP contribution in [0.15, 0.2) is 24.3 Å². The SMILES string of the molecule is C/C=C/C=CC(=O)NC(CC(=O)O)C(C)C. The molecule has 0 aromatic heterocycles. The van der Waals surface area contributed by atoms with Gasteiger partial charge in [-0.15, -0.1) is 0 Å². The second-order valence-corrected chi connectivity index (χ2v) is 3.84. The fourth-order valence-corrected chi connectivity index (χ4v) is 1.13. The van der Waals surface area contributed by atoms with Crippen LogP contribution in [0.25, 0.3) is 0 Å². The molecule has 0 bridgehead atoms. The average Bonchev–Trinajstić information content (AvgIpc) is 2.16. The van der Waals surface area contributed by atoms with E-state index >= 15 is 0 Å². The Bertz CT molecular complexity index is 293. The minimum Gasteiger partial charge on any atom is -0.481 e. The molecule has 0 aliphatic heterocycles. The minimum atomic E-state index is -0.906. The monoisotopic (exact) mass is 225 g/mol. The zero-order chi connectivity index (χ0) is 12.6. The molecule has 4 heteroatoms. The van der Waals surface area contributed by atoms with E-state index in [-0.39, 0.29) is 24.3 Å². The predicted octanol–water partition coefficient (Wildman–Crippen LogP) is 1.73. The summed E-state index contributed by atoms with van der Waals surface area (Å²) in [5.74, 6) is -1.08. The summed E-state index contributed by atoms with van der Waals surface area (Å²) in [7, 11) is 0. The maximum absolute atomic E-state index is 11.4. The number of carbonyl (C=O) groups is 2. The predicted molar refractivity (Wildman–Crippen MR) is 63.0 cm³/mol. The second kappa shape index (κ2) is 7.68. The summed E-state index contributed by atoms with van der Waals surface area (Å²) in [5.41, 5.74) is 0. The summed E-state index contributed by atoms with van der Waals surface area (Å²) in [6.07, 6.45) is 6.49. The number of hydrogen-bond donors (Lipinski definition) is 2. The Balaban J connectivity index is 4.28. The van der Waals surface area contributed by atoms with Gasteiger partial charge in [-0.25, -0.2) is 0 Å². The first-order chi connectivity index (χ1) is 7.47. The Morgan fingerprint density at radius 3 is 2.38 bits per heavy atom. The Labute approximate surface area is 96.0 Å². The Morgan fingerprint density at radius 1 is 1.31 bits per heavy atom. The van der Waals surface area contributed by atoms with E-state index in [1.54, 1.807) is 18.2 Å². The molecule has 0 aromatic carbocycles. The molecular weight excluding hydrogens is 206 g/mol. The van der Waals surface area contributed by atoms with E-state index in [1.165, 1.54) is 6.08 Å². The quantitative estimate of drug-likeness (QED) is 0.534. The number of nitrogens with one attached hydrogen (secondary N) is 1. The number of rotatable bonds is 6. The largest absolute Gasteiger partial charge is 0.481 e. The maximum atomic E-state index is 11.4. The van der Waals surface area contributed by atoms with Crippen LogP contribution in [0.1, 0.15) is 27.2 Å². The molecule has 2 N–H and O–H groups in total. The fourth-order valence-electron chi connectivity index (χ4n) is 1.13. The fraction of sp³-hybridized carbons (Fsp3) is 0.500. The smallest absolute Gasteiger partial charge is 0.305 e. The average molecular weight is 225 g/mol. The molecule has 0 saturated carbocycles. The van der Waals surface area contributed by atoms with Crippen molar-refractivity contribution in [2.45, 2.75) is 33.2 Å². The van der Waals surface area contributed by atoms with Gasteiger partial charge in [-0.1, -0.05) is 32.1 Å². The summed E-state index contributed by atoms with van der Waals surface area (Å²) >= 11 is 0. The first-order valence-electron chi connectivity index (χ1n) is 5.29. The highest BCUT2D eigenvalue weighted by Gasteiger charge is 2.17. The van der Waals surface area contributed by atoms with E-state index in [4.69, 9.17) is 5.11 Å². The van der Waals surface area contributed by atoms with Crippen molar-refractivity contribution in [3.05, 3.63) is 24.3 Å². The summed E-state index contributed by atoms with van der Waals surface area (Å²) in [5, 5.41) is 11.3. The zero-order valence-electron chi connectivity index (χ0n) is 9.93. The van der Waals surface area contributed by atoms with Gasteiger partial charge in [0.15, 0.2) is 0 Å². The van der Waals surface area contributed by atoms with E-state index in [9.17, 15) is 9.59 Å². The molecule has 0 heterocycles. The summed E-state index contributed by atoms with van der Waals surface area (Å²) in [6, 6.07) is -0.333. The Kier molecular flexibility index (Phi) is 6.92. The molecule has 0 aliphatic carbocycles. The van der Waals surface area contributed by atoms with Crippen molar-refractivity contribution >= 4 is 11.9 Å². The molecule has 16 heavy (non-hydrogen) atoms. The van der Waals surface area contributed by atoms with E-state index < -0.39 is 5.97 Å². The molecular formula is C12H19NO3. The van der Waals surface area contributed by atoms with Gasteiger partial charge in [0, 0.05) is 12.1 Å². The normalized spacial score (nSPS) is 13.5. The van der Waals surface area contributed by atoms with Gasteiger partial charge >= 0.3 is 5.97 Å². The molecule has 0 rings (SSSR count). The second-order valence-electron chi connectivity index (χ2n) is 3.84. The molecule has 0 spiro atoms. The molecule has 4 nitrogen and oxygen atoms in total. The summed E-state index contributed by atoms with van der Waals surface area (Å²) in [6.45, 7) is 5.61. The van der Waals surface area contributed by atoms with Crippen molar-refractivity contribution in [3.63, 3.8) is 0 Å². The van der Waals surface area contributed by atoms with Gasteiger partial charge in [0.2, 0.25) is 5.91 Å². The number of carbonyl (C=O) groups excluding carboxylic acids is 1. The van der Waals surface area contributed by atoms with Gasteiger partial charge in [-0.05, 0) is 12.8 Å². The van der Waals surface area contributed by atoms with Crippen LogP contribution in [-0.2, 0) is 9.59 Å². The van der Waals surface area contributed by atoms with Crippen LogP contribution in [-0.4, -0.2) is 23.0 Å². The van der Waals surface area contributed by atoms with Crippen LogP contribution in [0.4, 0.5) is 0 Å². The molecule has 0 saturated heterocycles. The maximum Gasteiger partial charge on any atom is 0.305 e. The van der Waals surface area contributed by atoms with Crippen LogP contribution in [0.2, 0.25) is 0 Å². The molecule has 0 radical (unpaired) electrons. The molecule has 1 amide bonds. The number of carboxylic acid groups (broad SMARTS) is 1. The highest BCUT2D eigenvalue weighted by atomic mass is 16.4. The van der Waals surface area contributed by atoms with Crippen LogP contribution in [0.3, 0.4) is 0 Å². The lowest BCUT2D eigenvalue weighted by Crippen LogP contribution is -2.39. The molecule has 90 valence electrons. The van der Waals surface area contributed by atoms with Crippen LogP contribution < -0.4 is 5.32 Å². The van der Waals surface area contributed by atoms with Crippen molar-refractivity contribution < 1.29 is 14.7 Å². The Morgan fingerprint density at radius 2 is 1.94 bits per heavy atom. The van der Waals surface area contributed by atoms with Crippen LogP contribution in [0, 0.1) is 5.92 Å². The third-order valence-corrected chi connectivity index (χ3v) is 2.08. The van der Waals surface area contributed by atoms with Gasteiger partial charge < -0.3 is 10.4 Å². The zero-order valence-corrected chi connectivity index (χ0v) is 9.93. The van der Waals surface area contributed by atoms with Gasteiger partial charge in [0.1, 0.15) is 0 Å². The minimum absolute atomic E-state index is 0.0547. The number of hydrogen-bond acceptors (Lipinski definition) is 2. The Hall–Kier alpha value is -1.58. The van der Waals surface area contributed by atoms with Crippen LogP contribution >= 0.6 is 0 Å². The van der Waals surface area contributed by atoms with Crippen molar-refractivity contribution in [1.29, 1.82) is 0 Å². The van der Waals surface area contributed by atoms with Gasteiger partial charge in [0.25, 0.3) is 0 Å². The third-order valence-electron chi connectivity index (χ3n) is 2.08.